The summed E-state index contributed by atoms with van der Waals surface area (Å²) in [6.07, 6.45) is 0. The maximum atomic E-state index is 6.17. The number of hydrogen-bond acceptors (Lipinski definition) is 2. The highest BCUT2D eigenvalue weighted by Crippen LogP contribution is 2.27. The van der Waals surface area contributed by atoms with Crippen LogP contribution < -0.4 is 5.73 Å². The van der Waals surface area contributed by atoms with E-state index in [9.17, 15) is 0 Å². The molecule has 0 saturated carbocycles. The Morgan fingerprint density at radius 1 is 0.950 bits per heavy atom. The monoisotopic (exact) mass is 303 g/mol. The van der Waals surface area contributed by atoms with Gasteiger partial charge in [0.05, 0.1) is 16.4 Å². The van der Waals surface area contributed by atoms with E-state index in [2.05, 4.69) is 5.10 Å². The molecular weight excluding hydrogens is 293 g/mol. The van der Waals surface area contributed by atoms with Crippen molar-refractivity contribution < 1.29 is 0 Å². The summed E-state index contributed by atoms with van der Waals surface area (Å²) in [6, 6.07) is 16.7. The molecule has 0 spiro atoms. The summed E-state index contributed by atoms with van der Waals surface area (Å²) in [4.78, 5) is 0. The summed E-state index contributed by atoms with van der Waals surface area (Å²) in [6.45, 7) is 0. The van der Waals surface area contributed by atoms with Crippen molar-refractivity contribution in [3.05, 3.63) is 64.6 Å². The number of para-hydroxylation sites is 1. The number of aromatic nitrogens is 2. The summed E-state index contributed by atoms with van der Waals surface area (Å²) in [5.74, 6) is 0.521. The number of hydrogen-bond donors (Lipinski definition) is 1. The normalized spacial score (nSPS) is 10.7. The molecule has 2 N–H and O–H groups in total. The van der Waals surface area contributed by atoms with Crippen LogP contribution in [0.15, 0.2) is 54.6 Å². The van der Waals surface area contributed by atoms with Crippen LogP contribution in [0, 0.1) is 0 Å². The molecule has 0 fully saturated rings. The molecular formula is C15H11Cl2N3. The molecule has 0 saturated heterocycles. The molecule has 3 aromatic rings. The minimum atomic E-state index is 0.521. The van der Waals surface area contributed by atoms with Gasteiger partial charge in [0.25, 0.3) is 0 Å². The fourth-order valence-corrected chi connectivity index (χ4v) is 2.41. The molecule has 1 aromatic heterocycles. The zero-order valence-electron chi connectivity index (χ0n) is 10.4. The van der Waals surface area contributed by atoms with E-state index in [-0.39, 0.29) is 0 Å². The van der Waals surface area contributed by atoms with Crippen molar-refractivity contribution in [2.75, 3.05) is 5.73 Å². The van der Waals surface area contributed by atoms with Gasteiger partial charge in [0.15, 0.2) is 0 Å². The predicted molar refractivity (Wildman–Crippen MR) is 83.4 cm³/mol. The average Bonchev–Trinajstić information content (AvgIpc) is 2.81. The van der Waals surface area contributed by atoms with E-state index < -0.39 is 0 Å². The van der Waals surface area contributed by atoms with Crippen LogP contribution in [0.1, 0.15) is 0 Å². The van der Waals surface area contributed by atoms with Crippen LogP contribution in [0.2, 0.25) is 10.0 Å². The van der Waals surface area contributed by atoms with Crippen molar-refractivity contribution >= 4 is 29.0 Å². The van der Waals surface area contributed by atoms with Crippen molar-refractivity contribution in [1.82, 2.24) is 9.78 Å². The third-order valence-electron chi connectivity index (χ3n) is 2.94. The Bertz CT molecular complexity index is 765. The molecule has 1 heterocycles. The molecule has 2 aromatic carbocycles. The van der Waals surface area contributed by atoms with Gasteiger partial charge in [-0.25, -0.2) is 4.68 Å². The summed E-state index contributed by atoms with van der Waals surface area (Å²) < 4.78 is 1.62. The molecule has 0 aliphatic rings. The lowest BCUT2D eigenvalue weighted by atomic mass is 10.1. The second-order valence-electron chi connectivity index (χ2n) is 4.33. The summed E-state index contributed by atoms with van der Waals surface area (Å²) in [7, 11) is 0. The van der Waals surface area contributed by atoms with E-state index in [4.69, 9.17) is 28.9 Å². The fourth-order valence-electron chi connectivity index (χ4n) is 2.00. The number of rotatable bonds is 2. The van der Waals surface area contributed by atoms with Gasteiger partial charge in [0, 0.05) is 16.7 Å². The number of anilines is 1. The van der Waals surface area contributed by atoms with Crippen molar-refractivity contribution in [3.8, 4) is 16.9 Å². The first-order valence-corrected chi connectivity index (χ1v) is 6.77. The number of nitrogens with zero attached hydrogens (tertiary/aromatic N) is 2. The SMILES string of the molecule is Nc1cc(-c2cccc(Cl)c2)nn1-c1ccccc1Cl. The zero-order valence-corrected chi connectivity index (χ0v) is 11.9. The predicted octanol–water partition coefficient (Wildman–Crippen LogP) is 4.43. The highest BCUT2D eigenvalue weighted by Gasteiger charge is 2.11. The van der Waals surface area contributed by atoms with Crippen molar-refractivity contribution in [1.29, 1.82) is 0 Å². The summed E-state index contributed by atoms with van der Waals surface area (Å²) >= 11 is 12.2. The van der Waals surface area contributed by atoms with E-state index in [1.54, 1.807) is 16.8 Å². The van der Waals surface area contributed by atoms with E-state index in [0.717, 1.165) is 16.9 Å². The van der Waals surface area contributed by atoms with Crippen LogP contribution in [-0.2, 0) is 0 Å². The second kappa shape index (κ2) is 5.19. The Hall–Kier alpha value is -1.97. The molecule has 0 atom stereocenters. The molecule has 0 radical (unpaired) electrons. The molecule has 0 aliphatic carbocycles. The maximum absolute atomic E-state index is 6.17. The van der Waals surface area contributed by atoms with Crippen LogP contribution in [0.25, 0.3) is 16.9 Å². The topological polar surface area (TPSA) is 43.8 Å². The van der Waals surface area contributed by atoms with Gasteiger partial charge in [-0.3, -0.25) is 0 Å². The van der Waals surface area contributed by atoms with Crippen molar-refractivity contribution in [3.63, 3.8) is 0 Å². The Balaban J connectivity index is 2.10. The highest BCUT2D eigenvalue weighted by atomic mass is 35.5. The molecule has 100 valence electrons. The maximum Gasteiger partial charge on any atom is 0.127 e. The zero-order chi connectivity index (χ0) is 14.1. The molecule has 0 unspecified atom stereocenters. The quantitative estimate of drug-likeness (QED) is 0.761. The van der Waals surface area contributed by atoms with Crippen LogP contribution in [0.3, 0.4) is 0 Å². The van der Waals surface area contributed by atoms with Gasteiger partial charge < -0.3 is 5.73 Å². The first kappa shape index (κ1) is 13.0. The number of halogens is 2. The molecule has 3 rings (SSSR count). The van der Waals surface area contributed by atoms with E-state index in [1.165, 1.54) is 0 Å². The smallest absolute Gasteiger partial charge is 0.127 e. The lowest BCUT2D eigenvalue weighted by Gasteiger charge is -2.05. The molecule has 0 bridgehead atoms. The number of nitrogen functional groups attached to an aromatic ring is 1. The Kier molecular flexibility index (Phi) is 3.38. The van der Waals surface area contributed by atoms with Crippen LogP contribution in [0.4, 0.5) is 5.82 Å². The van der Waals surface area contributed by atoms with E-state index in [0.29, 0.717) is 15.9 Å². The lowest BCUT2D eigenvalue weighted by Crippen LogP contribution is -2.02. The summed E-state index contributed by atoms with van der Waals surface area (Å²) in [5, 5.41) is 5.76. The standard InChI is InChI=1S/C15H11Cl2N3/c16-11-5-3-4-10(8-11)13-9-15(18)20(19-13)14-7-2-1-6-12(14)17/h1-9H,18H2. The summed E-state index contributed by atoms with van der Waals surface area (Å²) in [5.41, 5.74) is 8.44. The molecule has 5 heteroatoms. The van der Waals surface area contributed by atoms with E-state index >= 15 is 0 Å². The van der Waals surface area contributed by atoms with Gasteiger partial charge in [-0.15, -0.1) is 0 Å². The number of benzene rings is 2. The van der Waals surface area contributed by atoms with Gasteiger partial charge in [0.1, 0.15) is 5.82 Å². The Morgan fingerprint density at radius 2 is 1.75 bits per heavy atom. The van der Waals surface area contributed by atoms with Gasteiger partial charge in [-0.05, 0) is 24.3 Å². The van der Waals surface area contributed by atoms with Gasteiger partial charge in [-0.1, -0.05) is 47.5 Å². The van der Waals surface area contributed by atoms with Crippen molar-refractivity contribution in [2.45, 2.75) is 0 Å². The van der Waals surface area contributed by atoms with Gasteiger partial charge in [0.2, 0.25) is 0 Å². The first-order chi connectivity index (χ1) is 9.65. The number of nitrogens with two attached hydrogens (primary N) is 1. The van der Waals surface area contributed by atoms with Crippen LogP contribution in [-0.4, -0.2) is 9.78 Å². The van der Waals surface area contributed by atoms with Crippen molar-refractivity contribution in [2.24, 2.45) is 0 Å². The second-order valence-corrected chi connectivity index (χ2v) is 5.17. The highest BCUT2D eigenvalue weighted by molar-refractivity contribution is 6.32. The van der Waals surface area contributed by atoms with Gasteiger partial charge in [-0.2, -0.15) is 5.10 Å². The molecule has 20 heavy (non-hydrogen) atoms. The Labute approximate surface area is 126 Å². The third kappa shape index (κ3) is 2.38. The van der Waals surface area contributed by atoms with E-state index in [1.807, 2.05) is 42.5 Å². The molecule has 0 amide bonds. The largest absolute Gasteiger partial charge is 0.384 e. The average molecular weight is 304 g/mol. The fraction of sp³-hybridized carbons (Fsp3) is 0. The first-order valence-electron chi connectivity index (χ1n) is 6.01. The Morgan fingerprint density at radius 3 is 2.50 bits per heavy atom. The minimum Gasteiger partial charge on any atom is -0.384 e. The van der Waals surface area contributed by atoms with Crippen LogP contribution in [0.5, 0.6) is 0 Å². The molecule has 0 aliphatic heterocycles. The third-order valence-corrected chi connectivity index (χ3v) is 3.49. The molecule has 3 nitrogen and oxygen atoms in total. The lowest BCUT2D eigenvalue weighted by molar-refractivity contribution is 0.895. The minimum absolute atomic E-state index is 0.521. The van der Waals surface area contributed by atoms with Crippen LogP contribution >= 0.6 is 23.2 Å². The van der Waals surface area contributed by atoms with Gasteiger partial charge >= 0.3 is 0 Å².